The van der Waals surface area contributed by atoms with Gasteiger partial charge in [-0.2, -0.15) is 0 Å². The van der Waals surface area contributed by atoms with Crippen molar-refractivity contribution in [3.63, 3.8) is 0 Å². The van der Waals surface area contributed by atoms with Crippen LogP contribution in [-0.4, -0.2) is 32.0 Å². The fraction of sp³-hybridized carbons (Fsp3) is 0.273. The van der Waals surface area contributed by atoms with E-state index in [4.69, 9.17) is 16.3 Å². The predicted octanol–water partition coefficient (Wildman–Crippen LogP) is 5.88. The molecule has 4 nitrogen and oxygen atoms in total. The van der Waals surface area contributed by atoms with Gasteiger partial charge in [-0.15, -0.1) is 0 Å². The summed E-state index contributed by atoms with van der Waals surface area (Å²) in [7, 11) is 3.66. The number of rotatable bonds is 4. The maximum atomic E-state index is 10.5. The minimum Gasteiger partial charge on any atom is -0.497 e. The molecule has 0 atom stereocenters. The zero-order valence-corrected chi connectivity index (χ0v) is 17.3. The lowest BCUT2D eigenvalue weighted by Gasteiger charge is -2.15. The summed E-state index contributed by atoms with van der Waals surface area (Å²) < 4.78 is 5.11. The van der Waals surface area contributed by atoms with Crippen molar-refractivity contribution in [3.05, 3.63) is 65.4 Å². The van der Waals surface area contributed by atoms with E-state index in [0.717, 1.165) is 35.0 Å². The lowest BCUT2D eigenvalue weighted by molar-refractivity contribution is 0.112. The van der Waals surface area contributed by atoms with Crippen LogP contribution in [0.15, 0.2) is 54.7 Å². The number of carbonyl (C=O) groups is 1. The molecule has 0 aliphatic carbocycles. The molecule has 144 valence electrons. The normalized spacial score (nSPS) is 9.41. The molecule has 0 N–H and O–H groups in total. The lowest BCUT2D eigenvalue weighted by atomic mass is 10.1. The van der Waals surface area contributed by atoms with Gasteiger partial charge in [0.1, 0.15) is 17.2 Å². The van der Waals surface area contributed by atoms with E-state index >= 15 is 0 Å². The fourth-order valence-electron chi connectivity index (χ4n) is 2.25. The number of hydrogen-bond donors (Lipinski definition) is 0. The Morgan fingerprint density at radius 2 is 1.74 bits per heavy atom. The Morgan fingerprint density at radius 1 is 1.07 bits per heavy atom. The Kier molecular flexibility index (Phi) is 9.91. The number of pyridine rings is 1. The molecule has 3 rings (SSSR count). The molecule has 5 heteroatoms. The first kappa shape index (κ1) is 22.5. The first-order valence-corrected chi connectivity index (χ1v) is 9.31. The van der Waals surface area contributed by atoms with Gasteiger partial charge in [-0.1, -0.05) is 43.6 Å². The standard InChI is InChI=1S/C12H10O2.C8H11ClN2.C2H6/c1-14-12-5-4-10-6-9(8-13)2-3-11(10)7-12;1-3-11(2)7-4-5-10-8(9)6-7;1-2/h2-8H,1H3;4-6H,3H2,1-2H3;1-2H3. The molecule has 0 fully saturated rings. The monoisotopic (exact) mass is 386 g/mol. The van der Waals surface area contributed by atoms with Crippen LogP contribution in [0.1, 0.15) is 31.1 Å². The molecular formula is C22H27ClN2O2. The van der Waals surface area contributed by atoms with E-state index in [9.17, 15) is 4.79 Å². The van der Waals surface area contributed by atoms with Crippen LogP contribution in [0.5, 0.6) is 5.75 Å². The summed E-state index contributed by atoms with van der Waals surface area (Å²) in [6.45, 7) is 7.06. The van der Waals surface area contributed by atoms with Gasteiger partial charge >= 0.3 is 0 Å². The van der Waals surface area contributed by atoms with Crippen LogP contribution in [0.3, 0.4) is 0 Å². The summed E-state index contributed by atoms with van der Waals surface area (Å²) in [4.78, 5) is 16.5. The zero-order chi connectivity index (χ0) is 20.2. The quantitative estimate of drug-likeness (QED) is 0.415. The second-order valence-electron chi connectivity index (χ2n) is 5.44. The van der Waals surface area contributed by atoms with Gasteiger partial charge in [0, 0.05) is 31.0 Å². The molecule has 0 aliphatic rings. The van der Waals surface area contributed by atoms with Crippen molar-refractivity contribution in [3.8, 4) is 5.75 Å². The van der Waals surface area contributed by atoms with E-state index in [1.165, 1.54) is 0 Å². The van der Waals surface area contributed by atoms with E-state index in [0.29, 0.717) is 10.7 Å². The number of aromatic nitrogens is 1. The summed E-state index contributed by atoms with van der Waals surface area (Å²) in [6.07, 6.45) is 2.56. The largest absolute Gasteiger partial charge is 0.497 e. The highest BCUT2D eigenvalue weighted by Gasteiger charge is 1.98. The number of nitrogens with zero attached hydrogens (tertiary/aromatic N) is 2. The average molecular weight is 387 g/mol. The molecule has 27 heavy (non-hydrogen) atoms. The second kappa shape index (κ2) is 11.9. The lowest BCUT2D eigenvalue weighted by Crippen LogP contribution is -2.15. The Morgan fingerprint density at radius 3 is 2.33 bits per heavy atom. The van der Waals surface area contributed by atoms with Gasteiger partial charge in [0.05, 0.1) is 7.11 Å². The van der Waals surface area contributed by atoms with Crippen molar-refractivity contribution in [1.29, 1.82) is 0 Å². The first-order chi connectivity index (χ1) is 13.1. The van der Waals surface area contributed by atoms with Crippen LogP contribution >= 0.6 is 11.6 Å². The van der Waals surface area contributed by atoms with Crippen LogP contribution in [0.2, 0.25) is 5.15 Å². The van der Waals surface area contributed by atoms with Gasteiger partial charge < -0.3 is 9.64 Å². The second-order valence-corrected chi connectivity index (χ2v) is 5.83. The summed E-state index contributed by atoms with van der Waals surface area (Å²) in [5.74, 6) is 0.830. The number of anilines is 1. The van der Waals surface area contributed by atoms with E-state index in [2.05, 4.69) is 16.8 Å². The molecule has 0 amide bonds. The molecule has 2 aromatic carbocycles. The summed E-state index contributed by atoms with van der Waals surface area (Å²) >= 11 is 5.71. The summed E-state index contributed by atoms with van der Waals surface area (Å²) in [6, 6.07) is 15.2. The number of carbonyl (C=O) groups excluding carboxylic acids is 1. The fourth-order valence-corrected chi connectivity index (χ4v) is 2.42. The molecule has 0 saturated heterocycles. The predicted molar refractivity (Wildman–Crippen MR) is 115 cm³/mol. The minimum absolute atomic E-state index is 0.544. The Labute approximate surface area is 166 Å². The molecule has 3 aromatic rings. The highest BCUT2D eigenvalue weighted by molar-refractivity contribution is 6.29. The van der Waals surface area contributed by atoms with Crippen LogP contribution < -0.4 is 9.64 Å². The molecular weight excluding hydrogens is 360 g/mol. The number of fused-ring (bicyclic) bond motifs is 1. The number of hydrogen-bond acceptors (Lipinski definition) is 4. The van der Waals surface area contributed by atoms with Gasteiger partial charge in [-0.25, -0.2) is 4.98 Å². The molecule has 0 unspecified atom stereocenters. The van der Waals surface area contributed by atoms with Crippen molar-refractivity contribution in [2.75, 3.05) is 25.6 Å². The minimum atomic E-state index is 0.544. The number of halogens is 1. The number of methoxy groups -OCH3 is 1. The van der Waals surface area contributed by atoms with Crippen molar-refractivity contribution in [2.24, 2.45) is 0 Å². The van der Waals surface area contributed by atoms with Crippen LogP contribution in [0.25, 0.3) is 10.8 Å². The topological polar surface area (TPSA) is 42.4 Å². The number of ether oxygens (including phenoxy) is 1. The number of benzene rings is 2. The maximum absolute atomic E-state index is 10.5. The maximum Gasteiger partial charge on any atom is 0.150 e. The summed E-state index contributed by atoms with van der Waals surface area (Å²) in [5.41, 5.74) is 1.80. The third kappa shape index (κ3) is 6.91. The molecule has 0 bridgehead atoms. The smallest absolute Gasteiger partial charge is 0.150 e. The van der Waals surface area contributed by atoms with Gasteiger partial charge in [-0.05, 0) is 48.0 Å². The van der Waals surface area contributed by atoms with Gasteiger partial charge in [0.25, 0.3) is 0 Å². The Bertz CT molecular complexity index is 853. The van der Waals surface area contributed by atoms with E-state index < -0.39 is 0 Å². The third-order valence-electron chi connectivity index (χ3n) is 3.83. The molecule has 0 saturated carbocycles. The highest BCUT2D eigenvalue weighted by Crippen LogP contribution is 2.21. The summed E-state index contributed by atoms with van der Waals surface area (Å²) in [5, 5.41) is 2.67. The Hall–Kier alpha value is -2.59. The van der Waals surface area contributed by atoms with Crippen molar-refractivity contribution in [2.45, 2.75) is 20.8 Å². The van der Waals surface area contributed by atoms with E-state index in [1.807, 2.05) is 63.4 Å². The SMILES string of the molecule is CC.CCN(C)c1ccnc(Cl)c1.COc1ccc2cc(C=O)ccc2c1. The molecule has 0 aliphatic heterocycles. The zero-order valence-electron chi connectivity index (χ0n) is 16.6. The van der Waals surface area contributed by atoms with Gasteiger partial charge in [0.15, 0.2) is 0 Å². The van der Waals surface area contributed by atoms with Crippen molar-refractivity contribution < 1.29 is 9.53 Å². The average Bonchev–Trinajstić information content (AvgIpc) is 2.74. The molecule has 0 spiro atoms. The number of aldehydes is 1. The van der Waals surface area contributed by atoms with Crippen molar-refractivity contribution in [1.82, 2.24) is 4.98 Å². The van der Waals surface area contributed by atoms with Gasteiger partial charge in [0.2, 0.25) is 0 Å². The van der Waals surface area contributed by atoms with Crippen LogP contribution in [0, 0.1) is 0 Å². The third-order valence-corrected chi connectivity index (χ3v) is 4.04. The first-order valence-electron chi connectivity index (χ1n) is 8.93. The molecule has 1 aromatic heterocycles. The van der Waals surface area contributed by atoms with Crippen LogP contribution in [-0.2, 0) is 0 Å². The van der Waals surface area contributed by atoms with E-state index in [1.54, 1.807) is 19.4 Å². The highest BCUT2D eigenvalue weighted by atomic mass is 35.5. The molecule has 1 heterocycles. The molecule has 0 radical (unpaired) electrons. The Balaban J connectivity index is 0.000000254. The van der Waals surface area contributed by atoms with Crippen molar-refractivity contribution >= 4 is 34.3 Å². The van der Waals surface area contributed by atoms with Crippen LogP contribution in [0.4, 0.5) is 5.69 Å². The van der Waals surface area contributed by atoms with Gasteiger partial charge in [-0.3, -0.25) is 4.79 Å². The van der Waals surface area contributed by atoms with E-state index in [-0.39, 0.29) is 0 Å².